The highest BCUT2D eigenvalue weighted by Gasteiger charge is 2.24. The molecule has 2 aromatic rings. The third kappa shape index (κ3) is 4.09. The number of piperazine rings is 1. The molecule has 1 aliphatic rings. The second-order valence-electron chi connectivity index (χ2n) is 5.60. The van der Waals surface area contributed by atoms with Gasteiger partial charge in [-0.25, -0.2) is 4.98 Å². The first kappa shape index (κ1) is 16.0. The van der Waals surface area contributed by atoms with E-state index in [1.54, 1.807) is 18.4 Å². The molecule has 1 N–H and O–H groups in total. The van der Waals surface area contributed by atoms with Gasteiger partial charge in [0.05, 0.1) is 24.4 Å². The monoisotopic (exact) mass is 331 g/mol. The summed E-state index contributed by atoms with van der Waals surface area (Å²) in [4.78, 5) is 18.6. The average Bonchev–Trinajstić information content (AvgIpc) is 3.13. The summed E-state index contributed by atoms with van der Waals surface area (Å²) in [5.41, 5.74) is 3.97. The molecule has 2 heterocycles. The molecule has 1 aromatic carbocycles. The van der Waals surface area contributed by atoms with Gasteiger partial charge in [0.25, 0.3) is 0 Å². The summed E-state index contributed by atoms with van der Waals surface area (Å²) in [7, 11) is 1.67. The van der Waals surface area contributed by atoms with Crippen molar-refractivity contribution in [2.24, 2.45) is 0 Å². The van der Waals surface area contributed by atoms with Gasteiger partial charge in [-0.1, -0.05) is 12.1 Å². The van der Waals surface area contributed by atoms with Gasteiger partial charge in [0.2, 0.25) is 5.91 Å². The Labute approximate surface area is 140 Å². The average molecular weight is 331 g/mol. The van der Waals surface area contributed by atoms with Crippen LogP contribution in [-0.2, 0) is 11.2 Å². The van der Waals surface area contributed by atoms with E-state index >= 15 is 0 Å². The third-order valence-electron chi connectivity index (χ3n) is 4.10. The maximum absolute atomic E-state index is 12.4. The summed E-state index contributed by atoms with van der Waals surface area (Å²) in [6.45, 7) is 2.27. The van der Waals surface area contributed by atoms with Crippen LogP contribution in [0.4, 0.5) is 0 Å². The molecule has 0 bridgehead atoms. The number of aryl methyl sites for hydroxylation is 1. The standard InChI is InChI=1S/C17H21N3O2S/c1-22-15-4-2-3-13(9-15)16-10-20(8-7-18-16)17(21)6-5-14-11-23-12-19-14/h2-4,9,11-12,16,18H,5-8,10H2,1H3. The lowest BCUT2D eigenvalue weighted by molar-refractivity contribution is -0.132. The molecule has 3 rings (SSSR count). The minimum Gasteiger partial charge on any atom is -0.497 e. The van der Waals surface area contributed by atoms with Gasteiger partial charge in [0.15, 0.2) is 0 Å². The van der Waals surface area contributed by atoms with Gasteiger partial charge >= 0.3 is 0 Å². The number of thiazole rings is 1. The third-order valence-corrected chi connectivity index (χ3v) is 4.74. The van der Waals surface area contributed by atoms with E-state index in [9.17, 15) is 4.79 Å². The first-order chi connectivity index (χ1) is 11.3. The molecule has 0 radical (unpaired) electrons. The maximum Gasteiger partial charge on any atom is 0.223 e. The number of aromatic nitrogens is 1. The molecule has 1 aliphatic heterocycles. The second-order valence-corrected chi connectivity index (χ2v) is 6.32. The quantitative estimate of drug-likeness (QED) is 0.913. The zero-order valence-electron chi connectivity index (χ0n) is 13.2. The second kappa shape index (κ2) is 7.57. The highest BCUT2D eigenvalue weighted by atomic mass is 32.1. The number of nitrogens with zero attached hydrogens (tertiary/aromatic N) is 2. The summed E-state index contributed by atoms with van der Waals surface area (Å²) < 4.78 is 5.29. The largest absolute Gasteiger partial charge is 0.497 e. The Morgan fingerprint density at radius 2 is 2.43 bits per heavy atom. The van der Waals surface area contributed by atoms with Crippen molar-refractivity contribution in [1.82, 2.24) is 15.2 Å². The fourth-order valence-electron chi connectivity index (χ4n) is 2.81. The Kier molecular flexibility index (Phi) is 5.25. The summed E-state index contributed by atoms with van der Waals surface area (Å²) >= 11 is 1.57. The van der Waals surface area contributed by atoms with Crippen LogP contribution < -0.4 is 10.1 Å². The van der Waals surface area contributed by atoms with E-state index < -0.39 is 0 Å². The van der Waals surface area contributed by atoms with Crippen molar-refractivity contribution in [3.8, 4) is 5.75 Å². The minimum absolute atomic E-state index is 0.155. The number of nitrogens with one attached hydrogen (secondary N) is 1. The fourth-order valence-corrected chi connectivity index (χ4v) is 3.41. The number of ether oxygens (including phenoxy) is 1. The number of hydrogen-bond acceptors (Lipinski definition) is 5. The SMILES string of the molecule is COc1cccc(C2CN(C(=O)CCc3cscn3)CCN2)c1. The van der Waals surface area contributed by atoms with E-state index in [1.165, 1.54) is 0 Å². The molecular weight excluding hydrogens is 310 g/mol. The van der Waals surface area contributed by atoms with Gasteiger partial charge in [-0.15, -0.1) is 11.3 Å². The molecule has 1 amide bonds. The van der Waals surface area contributed by atoms with Crippen molar-refractivity contribution in [1.29, 1.82) is 0 Å². The zero-order valence-corrected chi connectivity index (χ0v) is 14.0. The number of carbonyl (C=O) groups is 1. The molecule has 1 unspecified atom stereocenters. The summed E-state index contributed by atoms with van der Waals surface area (Å²) in [6, 6.07) is 8.17. The Bertz CT molecular complexity index is 645. The molecule has 1 saturated heterocycles. The lowest BCUT2D eigenvalue weighted by atomic mass is 10.0. The van der Waals surface area contributed by atoms with E-state index in [0.29, 0.717) is 13.0 Å². The lowest BCUT2D eigenvalue weighted by Gasteiger charge is -2.34. The zero-order chi connectivity index (χ0) is 16.1. The number of carbonyl (C=O) groups excluding carboxylic acids is 1. The van der Waals surface area contributed by atoms with E-state index in [0.717, 1.165) is 36.5 Å². The van der Waals surface area contributed by atoms with Crippen molar-refractivity contribution in [3.63, 3.8) is 0 Å². The molecule has 5 nitrogen and oxygen atoms in total. The van der Waals surface area contributed by atoms with Crippen LogP contribution >= 0.6 is 11.3 Å². The fraction of sp³-hybridized carbons (Fsp3) is 0.412. The van der Waals surface area contributed by atoms with Crippen molar-refractivity contribution in [2.75, 3.05) is 26.7 Å². The predicted molar refractivity (Wildman–Crippen MR) is 90.8 cm³/mol. The van der Waals surface area contributed by atoms with Crippen LogP contribution in [0.1, 0.15) is 23.7 Å². The normalized spacial score (nSPS) is 18.0. The molecule has 0 aliphatic carbocycles. The maximum atomic E-state index is 12.4. The Morgan fingerprint density at radius 3 is 3.22 bits per heavy atom. The molecular formula is C17H21N3O2S. The van der Waals surface area contributed by atoms with Gasteiger partial charge in [-0.2, -0.15) is 0 Å². The number of hydrogen-bond donors (Lipinski definition) is 1. The van der Waals surface area contributed by atoms with Gasteiger partial charge in [-0.3, -0.25) is 4.79 Å². The van der Waals surface area contributed by atoms with E-state index in [4.69, 9.17) is 4.74 Å². The van der Waals surface area contributed by atoms with E-state index in [2.05, 4.69) is 16.4 Å². The summed E-state index contributed by atoms with van der Waals surface area (Å²) in [5.74, 6) is 1.05. The molecule has 0 spiro atoms. The minimum atomic E-state index is 0.155. The molecule has 1 aromatic heterocycles. The molecule has 23 heavy (non-hydrogen) atoms. The number of methoxy groups -OCH3 is 1. The van der Waals surface area contributed by atoms with Crippen LogP contribution in [0.3, 0.4) is 0 Å². The summed E-state index contributed by atoms with van der Waals surface area (Å²) in [5, 5.41) is 5.49. The van der Waals surface area contributed by atoms with Gasteiger partial charge in [-0.05, 0) is 24.1 Å². The molecule has 0 saturated carbocycles. The van der Waals surface area contributed by atoms with Crippen molar-refractivity contribution < 1.29 is 9.53 Å². The van der Waals surface area contributed by atoms with E-state index in [1.807, 2.05) is 34.0 Å². The number of benzene rings is 1. The highest BCUT2D eigenvalue weighted by Crippen LogP contribution is 2.22. The first-order valence-electron chi connectivity index (χ1n) is 7.78. The van der Waals surface area contributed by atoms with Crippen molar-refractivity contribution in [2.45, 2.75) is 18.9 Å². The number of rotatable bonds is 5. The van der Waals surface area contributed by atoms with Crippen molar-refractivity contribution >= 4 is 17.2 Å². The first-order valence-corrected chi connectivity index (χ1v) is 8.72. The molecule has 1 fully saturated rings. The Hall–Kier alpha value is -1.92. The van der Waals surface area contributed by atoms with Gasteiger partial charge < -0.3 is 15.0 Å². The smallest absolute Gasteiger partial charge is 0.223 e. The van der Waals surface area contributed by atoms with Crippen LogP contribution in [0, 0.1) is 0 Å². The van der Waals surface area contributed by atoms with Gasteiger partial charge in [0, 0.05) is 31.4 Å². The van der Waals surface area contributed by atoms with Crippen LogP contribution in [0.25, 0.3) is 0 Å². The summed E-state index contributed by atoms with van der Waals surface area (Å²) in [6.07, 6.45) is 1.24. The topological polar surface area (TPSA) is 54.5 Å². The Balaban J connectivity index is 1.59. The Morgan fingerprint density at radius 1 is 1.52 bits per heavy atom. The molecule has 1 atom stereocenters. The van der Waals surface area contributed by atoms with Crippen LogP contribution in [-0.4, -0.2) is 42.5 Å². The van der Waals surface area contributed by atoms with Crippen LogP contribution in [0.15, 0.2) is 35.2 Å². The predicted octanol–water partition coefficient (Wildman–Crippen LogP) is 2.26. The van der Waals surface area contributed by atoms with Crippen molar-refractivity contribution in [3.05, 3.63) is 46.4 Å². The van der Waals surface area contributed by atoms with E-state index in [-0.39, 0.29) is 11.9 Å². The highest BCUT2D eigenvalue weighted by molar-refractivity contribution is 7.07. The van der Waals surface area contributed by atoms with Crippen LogP contribution in [0.2, 0.25) is 0 Å². The number of amides is 1. The molecule has 122 valence electrons. The van der Waals surface area contributed by atoms with Crippen LogP contribution in [0.5, 0.6) is 5.75 Å². The van der Waals surface area contributed by atoms with Gasteiger partial charge in [0.1, 0.15) is 5.75 Å². The lowest BCUT2D eigenvalue weighted by Crippen LogP contribution is -2.48. The molecule has 6 heteroatoms.